The summed E-state index contributed by atoms with van der Waals surface area (Å²) in [4.78, 5) is 33.6. The van der Waals surface area contributed by atoms with Gasteiger partial charge in [-0.25, -0.2) is 14.1 Å². The van der Waals surface area contributed by atoms with Crippen molar-refractivity contribution in [3.05, 3.63) is 110 Å². The van der Waals surface area contributed by atoms with Crippen LogP contribution in [-0.4, -0.2) is 49.5 Å². The van der Waals surface area contributed by atoms with Gasteiger partial charge >= 0.3 is 0 Å². The highest BCUT2D eigenvalue weighted by Crippen LogP contribution is 2.31. The lowest BCUT2D eigenvalue weighted by atomic mass is 9.85. The lowest BCUT2D eigenvalue weighted by Gasteiger charge is -2.18. The molecule has 2 N–H and O–H groups in total. The van der Waals surface area contributed by atoms with E-state index in [0.29, 0.717) is 45.2 Å². The van der Waals surface area contributed by atoms with Crippen LogP contribution < -0.4 is 16.4 Å². The van der Waals surface area contributed by atoms with Gasteiger partial charge in [0.15, 0.2) is 0 Å². The van der Waals surface area contributed by atoms with Gasteiger partial charge in [-0.05, 0) is 92.7 Å². The number of aromatic nitrogens is 4. The number of nitriles is 1. The van der Waals surface area contributed by atoms with Crippen LogP contribution in [0.3, 0.4) is 0 Å². The minimum atomic E-state index is -0.939. The number of fused-ring (bicyclic) bond motifs is 1. The zero-order chi connectivity index (χ0) is 32.7. The summed E-state index contributed by atoms with van der Waals surface area (Å²) in [5.41, 5.74) is 1.52. The number of aryl methyl sites for hydroxylation is 1. The average molecular weight is 620 g/mol. The molecule has 0 spiro atoms. The Bertz CT molecular complexity index is 2130. The summed E-state index contributed by atoms with van der Waals surface area (Å²) in [7, 11) is 3.64. The van der Waals surface area contributed by atoms with E-state index in [0.717, 1.165) is 25.1 Å². The Morgan fingerprint density at radius 3 is 2.59 bits per heavy atom. The largest absolute Gasteiger partial charge is 0.392 e. The van der Waals surface area contributed by atoms with Crippen molar-refractivity contribution < 1.29 is 9.50 Å². The summed E-state index contributed by atoms with van der Waals surface area (Å²) in [6, 6.07) is 17.2. The number of benzene rings is 2. The van der Waals surface area contributed by atoms with Crippen LogP contribution in [0.15, 0.2) is 76.6 Å². The third-order valence-electron chi connectivity index (χ3n) is 8.78. The number of likely N-dealkylation sites (N-methyl/N-ethyl adjacent to an activating group) is 1. The van der Waals surface area contributed by atoms with Crippen LogP contribution in [-0.2, 0) is 19.1 Å². The fourth-order valence-electron chi connectivity index (χ4n) is 6.05. The number of nitrogens with one attached hydrogen (secondary N) is 1. The van der Waals surface area contributed by atoms with Crippen LogP contribution in [0.5, 0.6) is 0 Å². The molecular formula is C35H34FN7O3. The second-order valence-electron chi connectivity index (χ2n) is 12.3. The van der Waals surface area contributed by atoms with Gasteiger partial charge in [-0.1, -0.05) is 18.2 Å². The first-order valence-electron chi connectivity index (χ1n) is 15.0. The Kier molecular flexibility index (Phi) is 8.02. The lowest BCUT2D eigenvalue weighted by Crippen LogP contribution is -2.23. The van der Waals surface area contributed by atoms with Gasteiger partial charge in [0.2, 0.25) is 0 Å². The zero-order valence-corrected chi connectivity index (χ0v) is 26.1. The number of rotatable bonds is 7. The topological polar surface area (TPSA) is 129 Å². The molecule has 10 nitrogen and oxygen atoms in total. The molecule has 0 amide bonds. The monoisotopic (exact) mass is 619 g/mol. The maximum Gasteiger partial charge on any atom is 0.290 e. The zero-order valence-electron chi connectivity index (χ0n) is 26.1. The lowest BCUT2D eigenvalue weighted by molar-refractivity contribution is 0.282. The predicted molar refractivity (Wildman–Crippen MR) is 175 cm³/mol. The van der Waals surface area contributed by atoms with Crippen LogP contribution in [0.25, 0.3) is 27.7 Å². The molecule has 0 bridgehead atoms. The molecular weight excluding hydrogens is 585 g/mol. The molecule has 0 unspecified atom stereocenters. The van der Waals surface area contributed by atoms with Crippen molar-refractivity contribution in [2.75, 3.05) is 25.5 Å². The van der Waals surface area contributed by atoms with E-state index in [1.807, 2.05) is 18.3 Å². The number of hydrogen-bond donors (Lipinski definition) is 2. The summed E-state index contributed by atoms with van der Waals surface area (Å²) >= 11 is 0. The minimum absolute atomic E-state index is 0.125. The molecule has 1 saturated heterocycles. The maximum absolute atomic E-state index is 15.4. The van der Waals surface area contributed by atoms with Gasteiger partial charge in [-0.15, -0.1) is 0 Å². The van der Waals surface area contributed by atoms with E-state index in [-0.39, 0.29) is 16.6 Å². The Morgan fingerprint density at radius 2 is 1.91 bits per heavy atom. The highest BCUT2D eigenvalue weighted by Gasteiger charge is 2.24. The predicted octanol–water partition coefficient (Wildman–Crippen LogP) is 4.74. The molecule has 11 heteroatoms. The second kappa shape index (κ2) is 12.0. The van der Waals surface area contributed by atoms with Gasteiger partial charge in [-0.3, -0.25) is 14.2 Å². The Hall–Kier alpha value is -5.18. The van der Waals surface area contributed by atoms with Crippen molar-refractivity contribution in [1.82, 2.24) is 24.2 Å². The third-order valence-corrected chi connectivity index (χ3v) is 8.78. The van der Waals surface area contributed by atoms with E-state index in [4.69, 9.17) is 0 Å². The summed E-state index contributed by atoms with van der Waals surface area (Å²) in [6.45, 7) is 4.94. The summed E-state index contributed by atoms with van der Waals surface area (Å²) in [5.74, 6) is 0.201. The van der Waals surface area contributed by atoms with Crippen molar-refractivity contribution in [3.63, 3.8) is 0 Å². The normalized spacial score (nSPS) is 15.3. The standard InChI is InChI=1S/C35H34FN7O3/c1-35(2,20-37)24-14-21-11-13-43(34(46)32(21)27(36)15-24)30-7-5-6-25(26(30)19-44)28-16-29(33(45)42(4)40-28)39-31-9-8-22(17-38-31)23-10-12-41(3)18-23/h5-9,11,13-17,23,44H,10,12,18-19H2,1-4H3,(H,38,39)/t23-/m0/s1. The average Bonchev–Trinajstić information content (AvgIpc) is 3.49. The Labute approximate surface area is 265 Å². The van der Waals surface area contributed by atoms with Crippen molar-refractivity contribution >= 4 is 22.3 Å². The molecule has 0 aliphatic carbocycles. The smallest absolute Gasteiger partial charge is 0.290 e. The highest BCUT2D eigenvalue weighted by atomic mass is 19.1. The van der Waals surface area contributed by atoms with Crippen LogP contribution in [0.4, 0.5) is 15.9 Å². The summed E-state index contributed by atoms with van der Waals surface area (Å²) in [5, 5.41) is 27.9. The van der Waals surface area contributed by atoms with Crippen molar-refractivity contribution in [2.24, 2.45) is 7.05 Å². The number of halogens is 1. The van der Waals surface area contributed by atoms with Crippen LogP contribution in [0, 0.1) is 17.1 Å². The van der Waals surface area contributed by atoms with E-state index >= 15 is 4.39 Å². The molecule has 0 radical (unpaired) electrons. The molecule has 46 heavy (non-hydrogen) atoms. The number of hydrogen-bond acceptors (Lipinski definition) is 8. The van der Waals surface area contributed by atoms with Gasteiger partial charge in [0, 0.05) is 37.1 Å². The number of aliphatic hydroxyl groups excluding tert-OH is 1. The Morgan fingerprint density at radius 1 is 1.11 bits per heavy atom. The molecule has 1 aliphatic rings. The molecule has 5 aromatic rings. The van der Waals surface area contributed by atoms with Crippen LogP contribution >= 0.6 is 0 Å². The molecule has 3 aromatic heterocycles. The minimum Gasteiger partial charge on any atom is -0.392 e. The van der Waals surface area contributed by atoms with E-state index in [1.165, 1.54) is 28.6 Å². The fourth-order valence-corrected chi connectivity index (χ4v) is 6.05. The molecule has 1 aliphatic heterocycles. The summed E-state index contributed by atoms with van der Waals surface area (Å²) < 4.78 is 17.9. The number of aliphatic hydroxyl groups is 1. The summed E-state index contributed by atoms with van der Waals surface area (Å²) in [6.07, 6.45) is 4.43. The van der Waals surface area contributed by atoms with Gasteiger partial charge in [0.05, 0.1) is 34.9 Å². The van der Waals surface area contributed by atoms with Gasteiger partial charge < -0.3 is 15.3 Å². The molecule has 4 heterocycles. The number of anilines is 2. The molecule has 1 atom stereocenters. The van der Waals surface area contributed by atoms with E-state index in [1.54, 1.807) is 50.2 Å². The molecule has 1 fully saturated rings. The first-order chi connectivity index (χ1) is 22.0. The highest BCUT2D eigenvalue weighted by molar-refractivity contribution is 5.84. The van der Waals surface area contributed by atoms with Crippen molar-refractivity contribution in [3.8, 4) is 23.0 Å². The van der Waals surface area contributed by atoms with Gasteiger partial charge in [-0.2, -0.15) is 10.4 Å². The third kappa shape index (κ3) is 5.57. The van der Waals surface area contributed by atoms with E-state index in [9.17, 15) is 20.0 Å². The van der Waals surface area contributed by atoms with Gasteiger partial charge in [0.1, 0.15) is 17.3 Å². The number of nitrogens with zero attached hydrogens (tertiary/aromatic N) is 6. The number of pyridine rings is 2. The first kappa shape index (κ1) is 30.8. The molecule has 234 valence electrons. The SMILES string of the molecule is CN1CC[C@H](c2ccc(Nc3cc(-c4cccc(-n5ccc6cc(C(C)(C)C#N)cc(F)c6c5=O)c4CO)nn(C)c3=O)nc2)C1. The van der Waals surface area contributed by atoms with E-state index < -0.39 is 23.4 Å². The fraction of sp³-hybridized carbons (Fsp3) is 0.286. The number of likely N-dealkylation sites (tertiary alicyclic amines) is 1. The van der Waals surface area contributed by atoms with Crippen molar-refractivity contribution in [1.29, 1.82) is 5.26 Å². The molecule has 6 rings (SSSR count). The van der Waals surface area contributed by atoms with Crippen LogP contribution in [0.2, 0.25) is 0 Å². The first-order valence-corrected chi connectivity index (χ1v) is 15.0. The van der Waals surface area contributed by atoms with Crippen molar-refractivity contribution in [2.45, 2.75) is 38.2 Å². The maximum atomic E-state index is 15.4. The molecule has 0 saturated carbocycles. The quantitative estimate of drug-likeness (QED) is 0.267. The second-order valence-corrected chi connectivity index (χ2v) is 12.3. The Balaban J connectivity index is 1.39. The van der Waals surface area contributed by atoms with E-state index in [2.05, 4.69) is 33.4 Å². The van der Waals surface area contributed by atoms with Gasteiger partial charge in [0.25, 0.3) is 11.1 Å². The molecule has 2 aromatic carbocycles. The van der Waals surface area contributed by atoms with Crippen LogP contribution in [0.1, 0.15) is 42.9 Å².